The average molecular weight is 222 g/mol. The van der Waals surface area contributed by atoms with Gasteiger partial charge in [0.25, 0.3) is 0 Å². The highest BCUT2D eigenvalue weighted by Crippen LogP contribution is 2.28. The second-order valence-corrected chi connectivity index (χ2v) is 4.42. The Hall–Kier alpha value is -0.840. The molecule has 0 amide bonds. The summed E-state index contributed by atoms with van der Waals surface area (Å²) < 4.78 is 47.3. The first kappa shape index (κ1) is 11.2. The molecule has 0 heterocycles. The summed E-state index contributed by atoms with van der Waals surface area (Å²) in [7, 11) is -2.92. The van der Waals surface area contributed by atoms with Crippen LogP contribution in [0.15, 0.2) is 23.1 Å². The second-order valence-electron chi connectivity index (χ2n) is 2.98. The molecular weight excluding hydrogens is 213 g/mol. The smallest absolute Gasteiger partial charge is 0.245 e. The van der Waals surface area contributed by atoms with E-state index in [1.165, 1.54) is 19.1 Å². The molecule has 1 unspecified atom stereocenters. The Morgan fingerprint density at radius 3 is 2.21 bits per heavy atom. The van der Waals surface area contributed by atoms with E-state index in [1.807, 2.05) is 0 Å². The molecule has 0 aromatic heterocycles. The van der Waals surface area contributed by atoms with Gasteiger partial charge in [-0.15, -0.1) is 0 Å². The molecule has 0 radical (unpaired) electrons. The SMILES string of the molecule is Cc1ccc(S(=O)C(F)(F)F)c(C)c1. The molecule has 1 atom stereocenters. The number of benzene rings is 1. The van der Waals surface area contributed by atoms with Crippen molar-refractivity contribution in [3.8, 4) is 0 Å². The summed E-state index contributed by atoms with van der Waals surface area (Å²) in [6.45, 7) is 3.29. The third-order valence-corrected chi connectivity index (χ3v) is 3.02. The van der Waals surface area contributed by atoms with Gasteiger partial charge in [-0.25, -0.2) is 4.21 Å². The van der Waals surface area contributed by atoms with E-state index in [1.54, 1.807) is 13.0 Å². The van der Waals surface area contributed by atoms with Gasteiger partial charge in [0.05, 0.1) is 4.90 Å². The van der Waals surface area contributed by atoms with Crippen molar-refractivity contribution in [2.45, 2.75) is 24.3 Å². The summed E-state index contributed by atoms with van der Waals surface area (Å²) in [4.78, 5) is -0.164. The van der Waals surface area contributed by atoms with Gasteiger partial charge in [0.15, 0.2) is 10.8 Å². The molecule has 0 fully saturated rings. The van der Waals surface area contributed by atoms with Crippen LogP contribution in [0.4, 0.5) is 13.2 Å². The zero-order chi connectivity index (χ0) is 10.9. The van der Waals surface area contributed by atoms with Crippen LogP contribution < -0.4 is 0 Å². The number of hydrogen-bond acceptors (Lipinski definition) is 1. The Labute approximate surface area is 82.4 Å². The van der Waals surface area contributed by atoms with E-state index in [2.05, 4.69) is 0 Å². The maximum absolute atomic E-state index is 12.1. The van der Waals surface area contributed by atoms with Crippen LogP contribution in [0.25, 0.3) is 0 Å². The molecule has 0 aliphatic heterocycles. The fourth-order valence-electron chi connectivity index (χ4n) is 1.13. The highest BCUT2D eigenvalue weighted by Gasteiger charge is 2.38. The van der Waals surface area contributed by atoms with E-state index in [0.29, 0.717) is 5.56 Å². The molecule has 0 bridgehead atoms. The standard InChI is InChI=1S/C9H9F3OS/c1-6-3-4-8(7(2)5-6)14(13)9(10,11)12/h3-5H,1-2H3. The van der Waals surface area contributed by atoms with Gasteiger partial charge in [-0.3, -0.25) is 0 Å². The Balaban J connectivity index is 3.15. The largest absolute Gasteiger partial charge is 0.475 e. The predicted molar refractivity (Wildman–Crippen MR) is 48.4 cm³/mol. The molecule has 0 saturated carbocycles. The Morgan fingerprint density at radius 2 is 1.79 bits per heavy atom. The average Bonchev–Trinajstić information content (AvgIpc) is 2.01. The summed E-state index contributed by atoms with van der Waals surface area (Å²) >= 11 is 0. The van der Waals surface area contributed by atoms with Gasteiger partial charge in [-0.1, -0.05) is 17.7 Å². The quantitative estimate of drug-likeness (QED) is 0.714. The fourth-order valence-corrected chi connectivity index (χ4v) is 1.92. The number of alkyl halides is 3. The minimum Gasteiger partial charge on any atom is -0.245 e. The highest BCUT2D eigenvalue weighted by atomic mass is 32.2. The van der Waals surface area contributed by atoms with Gasteiger partial charge in [0.1, 0.15) is 0 Å². The third kappa shape index (κ3) is 2.35. The molecule has 1 nitrogen and oxygen atoms in total. The van der Waals surface area contributed by atoms with Crippen LogP contribution in [-0.4, -0.2) is 9.72 Å². The number of hydrogen-bond donors (Lipinski definition) is 0. The molecular formula is C9H9F3OS. The monoisotopic (exact) mass is 222 g/mol. The lowest BCUT2D eigenvalue weighted by atomic mass is 10.2. The molecule has 0 saturated heterocycles. The number of halogens is 3. The van der Waals surface area contributed by atoms with Crippen molar-refractivity contribution in [1.29, 1.82) is 0 Å². The summed E-state index contributed by atoms with van der Waals surface area (Å²) in [5.41, 5.74) is -3.42. The summed E-state index contributed by atoms with van der Waals surface area (Å²) in [5, 5.41) is 0. The molecule has 78 valence electrons. The second kappa shape index (κ2) is 3.73. The van der Waals surface area contributed by atoms with Gasteiger partial charge >= 0.3 is 5.51 Å². The van der Waals surface area contributed by atoms with Gasteiger partial charge in [-0.2, -0.15) is 13.2 Å². The first-order valence-electron chi connectivity index (χ1n) is 3.88. The van der Waals surface area contributed by atoms with Crippen molar-refractivity contribution in [3.63, 3.8) is 0 Å². The minimum absolute atomic E-state index is 0.164. The van der Waals surface area contributed by atoms with Gasteiger partial charge in [0.2, 0.25) is 0 Å². The van der Waals surface area contributed by atoms with E-state index >= 15 is 0 Å². The van der Waals surface area contributed by atoms with Crippen LogP contribution >= 0.6 is 0 Å². The van der Waals surface area contributed by atoms with Gasteiger partial charge < -0.3 is 0 Å². The third-order valence-electron chi connectivity index (χ3n) is 1.74. The van der Waals surface area contributed by atoms with E-state index in [4.69, 9.17) is 0 Å². The van der Waals surface area contributed by atoms with E-state index in [9.17, 15) is 17.4 Å². The van der Waals surface area contributed by atoms with Crippen molar-refractivity contribution in [1.82, 2.24) is 0 Å². The molecule has 0 spiro atoms. The molecule has 1 rings (SSSR count). The van der Waals surface area contributed by atoms with Crippen LogP contribution in [0.5, 0.6) is 0 Å². The lowest BCUT2D eigenvalue weighted by Gasteiger charge is -2.09. The Morgan fingerprint density at radius 1 is 1.21 bits per heavy atom. The summed E-state index contributed by atoms with van der Waals surface area (Å²) in [6, 6.07) is 4.36. The first-order valence-corrected chi connectivity index (χ1v) is 5.03. The molecule has 14 heavy (non-hydrogen) atoms. The van der Waals surface area contributed by atoms with Crippen LogP contribution in [0.2, 0.25) is 0 Å². The van der Waals surface area contributed by atoms with Crippen molar-refractivity contribution >= 4 is 10.8 Å². The Kier molecular flexibility index (Phi) is 2.99. The van der Waals surface area contributed by atoms with Crippen LogP contribution in [-0.2, 0) is 10.8 Å². The molecule has 1 aromatic rings. The van der Waals surface area contributed by atoms with Gasteiger partial charge in [0, 0.05) is 0 Å². The van der Waals surface area contributed by atoms with Crippen molar-refractivity contribution < 1.29 is 17.4 Å². The molecule has 5 heteroatoms. The molecule has 0 N–H and O–H groups in total. The molecule has 1 aromatic carbocycles. The highest BCUT2D eigenvalue weighted by molar-refractivity contribution is 7.86. The normalized spacial score (nSPS) is 14.1. The van der Waals surface area contributed by atoms with E-state index in [0.717, 1.165) is 5.56 Å². The van der Waals surface area contributed by atoms with Crippen molar-refractivity contribution in [2.75, 3.05) is 0 Å². The number of rotatable bonds is 1. The van der Waals surface area contributed by atoms with Crippen LogP contribution in [0.3, 0.4) is 0 Å². The first-order chi connectivity index (χ1) is 6.32. The molecule has 0 aliphatic rings. The lowest BCUT2D eigenvalue weighted by molar-refractivity contribution is -0.0384. The fraction of sp³-hybridized carbons (Fsp3) is 0.333. The topological polar surface area (TPSA) is 17.1 Å². The van der Waals surface area contributed by atoms with Gasteiger partial charge in [-0.05, 0) is 25.5 Å². The van der Waals surface area contributed by atoms with E-state index < -0.39 is 16.3 Å². The summed E-state index contributed by atoms with van der Waals surface area (Å²) in [5.74, 6) is 0. The Bertz CT molecular complexity index is 371. The number of aryl methyl sites for hydroxylation is 2. The maximum Gasteiger partial charge on any atom is 0.475 e. The maximum atomic E-state index is 12.1. The van der Waals surface area contributed by atoms with E-state index in [-0.39, 0.29) is 4.90 Å². The van der Waals surface area contributed by atoms with Crippen LogP contribution in [0, 0.1) is 13.8 Å². The predicted octanol–water partition coefficient (Wildman–Crippen LogP) is 2.93. The summed E-state index contributed by atoms with van der Waals surface area (Å²) in [6.07, 6.45) is 0. The van der Waals surface area contributed by atoms with Crippen molar-refractivity contribution in [2.24, 2.45) is 0 Å². The van der Waals surface area contributed by atoms with Crippen molar-refractivity contribution in [3.05, 3.63) is 29.3 Å². The zero-order valence-corrected chi connectivity index (χ0v) is 8.50. The minimum atomic E-state index is -4.68. The zero-order valence-electron chi connectivity index (χ0n) is 7.68. The lowest BCUT2D eigenvalue weighted by Crippen LogP contribution is -2.17. The molecule has 0 aliphatic carbocycles. The van der Waals surface area contributed by atoms with Crippen LogP contribution in [0.1, 0.15) is 11.1 Å².